The Balaban J connectivity index is 2.15. The Morgan fingerprint density at radius 3 is 2.11 bits per heavy atom. The van der Waals surface area contributed by atoms with Crippen LogP contribution in [0.5, 0.6) is 0 Å². The summed E-state index contributed by atoms with van der Waals surface area (Å²) < 4.78 is 0. The minimum absolute atomic E-state index is 0.0867. The van der Waals surface area contributed by atoms with Gasteiger partial charge in [-0.05, 0) is 19.1 Å². The smallest absolute Gasteiger partial charge is 0.213 e. The van der Waals surface area contributed by atoms with Crippen molar-refractivity contribution in [2.24, 2.45) is 0 Å². The van der Waals surface area contributed by atoms with Crippen LogP contribution in [0.1, 0.15) is 21.7 Å². The Kier molecular flexibility index (Phi) is 2.80. The Morgan fingerprint density at radius 1 is 0.842 bits per heavy atom. The summed E-state index contributed by atoms with van der Waals surface area (Å²) in [6.07, 6.45) is 0. The maximum absolute atomic E-state index is 12.4. The number of hydrogen-bond donors (Lipinski definition) is 0. The lowest BCUT2D eigenvalue weighted by Gasteiger charge is -2.05. The summed E-state index contributed by atoms with van der Waals surface area (Å²) in [4.78, 5) is 21.3. The van der Waals surface area contributed by atoms with E-state index in [0.717, 1.165) is 11.0 Å². The topological polar surface area (TPSA) is 42.9 Å². The zero-order valence-corrected chi connectivity index (χ0v) is 10.5. The number of para-hydroxylation sites is 2. The molecule has 0 aliphatic heterocycles. The Hall–Kier alpha value is -2.55. The van der Waals surface area contributed by atoms with Crippen LogP contribution < -0.4 is 0 Å². The molecule has 0 amide bonds. The van der Waals surface area contributed by atoms with Crippen LogP contribution in [0, 0.1) is 6.92 Å². The number of benzene rings is 2. The molecule has 0 fully saturated rings. The molecule has 1 heterocycles. The first-order valence-electron chi connectivity index (χ1n) is 6.09. The number of fused-ring (bicyclic) bond motifs is 1. The van der Waals surface area contributed by atoms with Crippen molar-refractivity contribution in [2.45, 2.75) is 6.92 Å². The van der Waals surface area contributed by atoms with Gasteiger partial charge in [0.1, 0.15) is 5.69 Å². The summed E-state index contributed by atoms with van der Waals surface area (Å²) >= 11 is 0. The van der Waals surface area contributed by atoms with Crippen LogP contribution in [0.2, 0.25) is 0 Å². The van der Waals surface area contributed by atoms with Gasteiger partial charge in [-0.2, -0.15) is 0 Å². The minimum Gasteiger partial charge on any atom is -0.287 e. The van der Waals surface area contributed by atoms with Gasteiger partial charge in [0, 0.05) is 5.56 Å². The lowest BCUT2D eigenvalue weighted by molar-refractivity contribution is 0.103. The van der Waals surface area contributed by atoms with E-state index in [9.17, 15) is 4.79 Å². The van der Waals surface area contributed by atoms with Gasteiger partial charge in [0.05, 0.1) is 16.7 Å². The highest BCUT2D eigenvalue weighted by Crippen LogP contribution is 2.15. The Morgan fingerprint density at radius 2 is 1.42 bits per heavy atom. The summed E-state index contributed by atoms with van der Waals surface area (Å²) in [6, 6.07) is 16.7. The van der Waals surface area contributed by atoms with Gasteiger partial charge in [0.25, 0.3) is 0 Å². The molecular weight excluding hydrogens is 236 g/mol. The fourth-order valence-electron chi connectivity index (χ4n) is 2.03. The van der Waals surface area contributed by atoms with Gasteiger partial charge >= 0.3 is 0 Å². The summed E-state index contributed by atoms with van der Waals surface area (Å²) in [5.74, 6) is -0.0867. The van der Waals surface area contributed by atoms with E-state index < -0.39 is 0 Å². The van der Waals surface area contributed by atoms with Gasteiger partial charge in [-0.25, -0.2) is 9.97 Å². The summed E-state index contributed by atoms with van der Waals surface area (Å²) in [6.45, 7) is 1.82. The van der Waals surface area contributed by atoms with Gasteiger partial charge < -0.3 is 0 Å². The molecule has 0 bridgehead atoms. The second-order valence-electron chi connectivity index (χ2n) is 4.34. The molecule has 0 spiro atoms. The van der Waals surface area contributed by atoms with Gasteiger partial charge in [-0.1, -0.05) is 42.5 Å². The number of carbonyl (C=O) groups excluding carboxylic acids is 1. The zero-order chi connectivity index (χ0) is 13.2. The largest absolute Gasteiger partial charge is 0.287 e. The van der Waals surface area contributed by atoms with Crippen molar-refractivity contribution >= 4 is 16.8 Å². The fraction of sp³-hybridized carbons (Fsp3) is 0.0625. The lowest BCUT2D eigenvalue weighted by atomic mass is 10.1. The summed E-state index contributed by atoms with van der Waals surface area (Å²) in [5.41, 5.74) is 3.27. The molecule has 0 aliphatic rings. The van der Waals surface area contributed by atoms with Gasteiger partial charge in [-0.3, -0.25) is 4.79 Å². The number of aryl methyl sites for hydroxylation is 1. The second kappa shape index (κ2) is 4.61. The lowest BCUT2D eigenvalue weighted by Crippen LogP contribution is -2.08. The normalized spacial score (nSPS) is 10.6. The number of aromatic nitrogens is 2. The predicted octanol–water partition coefficient (Wildman–Crippen LogP) is 3.17. The van der Waals surface area contributed by atoms with Crippen molar-refractivity contribution in [3.63, 3.8) is 0 Å². The highest BCUT2D eigenvalue weighted by molar-refractivity contribution is 6.09. The molecule has 0 radical (unpaired) electrons. The van der Waals surface area contributed by atoms with Gasteiger partial charge in [0.15, 0.2) is 0 Å². The van der Waals surface area contributed by atoms with E-state index in [1.807, 2.05) is 49.4 Å². The molecule has 0 saturated carbocycles. The van der Waals surface area contributed by atoms with Crippen molar-refractivity contribution in [1.29, 1.82) is 0 Å². The monoisotopic (exact) mass is 248 g/mol. The average molecular weight is 248 g/mol. The first kappa shape index (κ1) is 11.5. The number of nitrogens with zero attached hydrogens (tertiary/aromatic N) is 2. The first-order chi connectivity index (χ1) is 9.25. The molecule has 0 atom stereocenters. The number of carbonyl (C=O) groups is 1. The quantitative estimate of drug-likeness (QED) is 0.654. The summed E-state index contributed by atoms with van der Waals surface area (Å²) in [7, 11) is 0. The van der Waals surface area contributed by atoms with Gasteiger partial charge in [0.2, 0.25) is 5.78 Å². The fourth-order valence-corrected chi connectivity index (χ4v) is 2.03. The molecule has 2 aromatic carbocycles. The minimum atomic E-state index is -0.0867. The number of rotatable bonds is 2. The molecule has 0 unspecified atom stereocenters. The van der Waals surface area contributed by atoms with Crippen LogP contribution in [-0.4, -0.2) is 15.8 Å². The van der Waals surface area contributed by atoms with Crippen molar-refractivity contribution in [3.05, 3.63) is 71.5 Å². The van der Waals surface area contributed by atoms with Crippen LogP contribution in [0.4, 0.5) is 0 Å². The van der Waals surface area contributed by atoms with E-state index in [1.54, 1.807) is 12.1 Å². The van der Waals surface area contributed by atoms with Crippen molar-refractivity contribution in [3.8, 4) is 0 Å². The van der Waals surface area contributed by atoms with Crippen molar-refractivity contribution < 1.29 is 4.79 Å². The predicted molar refractivity (Wildman–Crippen MR) is 74.1 cm³/mol. The Bertz CT molecular complexity index is 751. The SMILES string of the molecule is Cc1nc2ccccc2nc1C(=O)c1ccccc1. The molecular formula is C16H12N2O. The van der Waals surface area contributed by atoms with Crippen LogP contribution in [0.15, 0.2) is 54.6 Å². The molecule has 19 heavy (non-hydrogen) atoms. The van der Waals surface area contributed by atoms with Gasteiger partial charge in [-0.15, -0.1) is 0 Å². The molecule has 0 saturated heterocycles. The molecule has 1 aromatic heterocycles. The molecule has 0 aliphatic carbocycles. The van der Waals surface area contributed by atoms with Crippen molar-refractivity contribution in [2.75, 3.05) is 0 Å². The third kappa shape index (κ3) is 2.10. The number of ketones is 1. The standard InChI is InChI=1S/C16H12N2O/c1-11-15(16(19)12-7-3-2-4-8-12)18-14-10-6-5-9-13(14)17-11/h2-10H,1H3. The van der Waals surface area contributed by atoms with Crippen LogP contribution in [-0.2, 0) is 0 Å². The molecule has 3 nitrogen and oxygen atoms in total. The molecule has 3 aromatic rings. The van der Waals surface area contributed by atoms with E-state index >= 15 is 0 Å². The third-order valence-electron chi connectivity index (χ3n) is 3.00. The molecule has 0 N–H and O–H groups in total. The molecule has 92 valence electrons. The van der Waals surface area contributed by atoms with E-state index in [0.29, 0.717) is 17.0 Å². The molecule has 3 heteroatoms. The highest BCUT2D eigenvalue weighted by atomic mass is 16.1. The van der Waals surface area contributed by atoms with Crippen LogP contribution in [0.3, 0.4) is 0 Å². The van der Waals surface area contributed by atoms with E-state index in [1.165, 1.54) is 0 Å². The third-order valence-corrected chi connectivity index (χ3v) is 3.00. The second-order valence-corrected chi connectivity index (χ2v) is 4.34. The van der Waals surface area contributed by atoms with Crippen LogP contribution in [0.25, 0.3) is 11.0 Å². The van der Waals surface area contributed by atoms with E-state index in [2.05, 4.69) is 9.97 Å². The summed E-state index contributed by atoms with van der Waals surface area (Å²) in [5, 5.41) is 0. The van der Waals surface area contributed by atoms with E-state index in [4.69, 9.17) is 0 Å². The maximum Gasteiger partial charge on any atom is 0.213 e. The van der Waals surface area contributed by atoms with Crippen LogP contribution >= 0.6 is 0 Å². The number of hydrogen-bond acceptors (Lipinski definition) is 3. The first-order valence-corrected chi connectivity index (χ1v) is 6.09. The zero-order valence-electron chi connectivity index (χ0n) is 10.5. The molecule has 3 rings (SSSR count). The maximum atomic E-state index is 12.4. The average Bonchev–Trinajstić information content (AvgIpc) is 2.47. The van der Waals surface area contributed by atoms with Crippen molar-refractivity contribution in [1.82, 2.24) is 9.97 Å². The Labute approximate surface area is 111 Å². The highest BCUT2D eigenvalue weighted by Gasteiger charge is 2.15. The van der Waals surface area contributed by atoms with E-state index in [-0.39, 0.29) is 5.78 Å².